The first-order valence-electron chi connectivity index (χ1n) is 11.4. The van der Waals surface area contributed by atoms with Crippen molar-refractivity contribution in [1.82, 2.24) is 5.32 Å². The highest BCUT2D eigenvalue weighted by Gasteiger charge is 2.42. The van der Waals surface area contributed by atoms with Gasteiger partial charge in [-0.2, -0.15) is 0 Å². The average molecular weight is 460 g/mol. The molecule has 1 amide bonds. The lowest BCUT2D eigenvalue weighted by molar-refractivity contribution is -0.0299. The van der Waals surface area contributed by atoms with E-state index in [1.54, 1.807) is 19.2 Å². The van der Waals surface area contributed by atoms with Gasteiger partial charge in [-0.1, -0.05) is 54.1 Å². The van der Waals surface area contributed by atoms with E-state index in [4.69, 9.17) is 9.47 Å². The van der Waals surface area contributed by atoms with E-state index in [1.165, 1.54) is 11.1 Å². The summed E-state index contributed by atoms with van der Waals surface area (Å²) in [7, 11) is 1.62. The number of carboxylic acid groups (broad SMARTS) is 1. The second-order valence-corrected chi connectivity index (χ2v) is 8.81. The van der Waals surface area contributed by atoms with E-state index in [0.717, 1.165) is 41.7 Å². The maximum Gasteiger partial charge on any atom is 0.507 e. The van der Waals surface area contributed by atoms with Crippen molar-refractivity contribution >= 4 is 12.1 Å². The predicted molar refractivity (Wildman–Crippen MR) is 129 cm³/mol. The number of ether oxygens (including phenoxy) is 2. The van der Waals surface area contributed by atoms with Gasteiger partial charge in [0.1, 0.15) is 5.75 Å². The molecule has 0 fully saturated rings. The van der Waals surface area contributed by atoms with Gasteiger partial charge < -0.3 is 19.9 Å². The standard InChI is InChI=1S/C28H29NO5/c1-19-7-5-8-20(15-19)9-6-12-21-16-22(13-14-25(21)33-2)26(30)29-28(34-27(31)32)17-23-10-3-4-11-24(23)18-28/h3-5,7-8,10-11,13-16H,6,9,12,17-18H2,1-2H3,(H,29,30)(H,31,32). The number of methoxy groups -OCH3 is 1. The molecule has 6 nitrogen and oxygen atoms in total. The van der Waals surface area contributed by atoms with Crippen molar-refractivity contribution in [1.29, 1.82) is 0 Å². The molecule has 2 N–H and O–H groups in total. The van der Waals surface area contributed by atoms with Gasteiger partial charge >= 0.3 is 6.16 Å². The van der Waals surface area contributed by atoms with Crippen LogP contribution in [0.4, 0.5) is 4.79 Å². The normalized spacial score (nSPS) is 13.7. The van der Waals surface area contributed by atoms with E-state index in [2.05, 4.69) is 36.5 Å². The van der Waals surface area contributed by atoms with Crippen LogP contribution < -0.4 is 10.1 Å². The van der Waals surface area contributed by atoms with E-state index in [0.29, 0.717) is 18.4 Å². The quantitative estimate of drug-likeness (QED) is 0.362. The van der Waals surface area contributed by atoms with E-state index in [-0.39, 0.29) is 5.91 Å². The fraction of sp³-hybridized carbons (Fsp3) is 0.286. The monoisotopic (exact) mass is 459 g/mol. The molecule has 0 radical (unpaired) electrons. The van der Waals surface area contributed by atoms with Gasteiger partial charge in [0, 0.05) is 18.4 Å². The summed E-state index contributed by atoms with van der Waals surface area (Å²) in [6.07, 6.45) is 1.75. The van der Waals surface area contributed by atoms with Gasteiger partial charge in [0.15, 0.2) is 5.72 Å². The second-order valence-electron chi connectivity index (χ2n) is 8.81. The van der Waals surface area contributed by atoms with Crippen molar-refractivity contribution in [2.24, 2.45) is 0 Å². The zero-order valence-corrected chi connectivity index (χ0v) is 19.5. The van der Waals surface area contributed by atoms with E-state index in [1.807, 2.05) is 30.3 Å². The Morgan fingerprint density at radius 2 is 1.71 bits per heavy atom. The Hall–Kier alpha value is -3.80. The molecule has 3 aromatic carbocycles. The van der Waals surface area contributed by atoms with Crippen LogP contribution in [0.3, 0.4) is 0 Å². The number of nitrogens with one attached hydrogen (secondary N) is 1. The summed E-state index contributed by atoms with van der Waals surface area (Å²) in [5, 5.41) is 12.2. The molecule has 0 saturated carbocycles. The van der Waals surface area contributed by atoms with Gasteiger partial charge in [0.25, 0.3) is 5.91 Å². The van der Waals surface area contributed by atoms with Crippen LogP contribution >= 0.6 is 0 Å². The lowest BCUT2D eigenvalue weighted by atomic mass is 10.00. The molecule has 1 aliphatic rings. The summed E-state index contributed by atoms with van der Waals surface area (Å²) >= 11 is 0. The SMILES string of the molecule is COc1ccc(C(=O)NC2(OC(=O)O)Cc3ccccc3C2)cc1CCCc1cccc(C)c1. The molecule has 34 heavy (non-hydrogen) atoms. The Labute approximate surface area is 199 Å². The number of fused-ring (bicyclic) bond motifs is 1. The van der Waals surface area contributed by atoms with Crippen LogP contribution in [0.2, 0.25) is 0 Å². The zero-order valence-electron chi connectivity index (χ0n) is 19.5. The number of rotatable bonds is 8. The summed E-state index contributed by atoms with van der Waals surface area (Å²) in [6, 6.07) is 21.4. The van der Waals surface area contributed by atoms with Crippen LogP contribution in [0.5, 0.6) is 5.75 Å². The summed E-state index contributed by atoms with van der Waals surface area (Å²) < 4.78 is 10.7. The molecule has 0 aliphatic heterocycles. The van der Waals surface area contributed by atoms with Crippen LogP contribution in [0.25, 0.3) is 0 Å². The molecule has 3 aromatic rings. The highest BCUT2D eigenvalue weighted by Crippen LogP contribution is 2.32. The first-order valence-corrected chi connectivity index (χ1v) is 11.4. The predicted octanol–water partition coefficient (Wildman–Crippen LogP) is 5.10. The lowest BCUT2D eigenvalue weighted by Gasteiger charge is -2.28. The topological polar surface area (TPSA) is 84.9 Å². The number of hydrogen-bond acceptors (Lipinski definition) is 4. The van der Waals surface area contributed by atoms with Crippen molar-refractivity contribution in [3.05, 3.63) is 100 Å². The van der Waals surface area contributed by atoms with Crippen LogP contribution in [-0.2, 0) is 30.4 Å². The maximum atomic E-state index is 13.2. The van der Waals surface area contributed by atoms with Crippen LogP contribution in [-0.4, -0.2) is 30.0 Å². The molecule has 176 valence electrons. The van der Waals surface area contributed by atoms with Gasteiger partial charge in [0.05, 0.1) is 7.11 Å². The Balaban J connectivity index is 1.49. The highest BCUT2D eigenvalue weighted by molar-refractivity contribution is 5.95. The minimum Gasteiger partial charge on any atom is -0.496 e. The van der Waals surface area contributed by atoms with E-state index in [9.17, 15) is 14.7 Å². The number of carbonyl (C=O) groups excluding carboxylic acids is 1. The van der Waals surface area contributed by atoms with Crippen molar-refractivity contribution < 1.29 is 24.2 Å². The van der Waals surface area contributed by atoms with Crippen molar-refractivity contribution in [2.45, 2.75) is 44.8 Å². The number of aryl methyl sites for hydroxylation is 3. The van der Waals surface area contributed by atoms with Gasteiger partial charge in [0.2, 0.25) is 0 Å². The molecular formula is C28H29NO5. The third kappa shape index (κ3) is 5.39. The molecular weight excluding hydrogens is 430 g/mol. The summed E-state index contributed by atoms with van der Waals surface area (Å²) in [6.45, 7) is 2.08. The fourth-order valence-corrected chi connectivity index (χ4v) is 4.68. The number of hydrogen-bond donors (Lipinski definition) is 2. The van der Waals surface area contributed by atoms with Gasteiger partial charge in [-0.3, -0.25) is 4.79 Å². The van der Waals surface area contributed by atoms with E-state index >= 15 is 0 Å². The molecule has 0 saturated heterocycles. The first-order chi connectivity index (χ1) is 16.4. The van der Waals surface area contributed by atoms with Crippen LogP contribution in [0, 0.1) is 6.92 Å². The van der Waals surface area contributed by atoms with Gasteiger partial charge in [-0.15, -0.1) is 0 Å². The van der Waals surface area contributed by atoms with Crippen LogP contribution in [0.1, 0.15) is 44.6 Å². The molecule has 0 atom stereocenters. The Morgan fingerprint density at radius 1 is 0.971 bits per heavy atom. The number of carbonyl (C=O) groups is 2. The minimum atomic E-state index is -1.42. The third-order valence-electron chi connectivity index (χ3n) is 6.23. The Bertz CT molecular complexity index is 1180. The smallest absolute Gasteiger partial charge is 0.496 e. The largest absolute Gasteiger partial charge is 0.507 e. The van der Waals surface area contributed by atoms with E-state index < -0.39 is 11.9 Å². The lowest BCUT2D eigenvalue weighted by Crippen LogP contribution is -2.52. The fourth-order valence-electron chi connectivity index (χ4n) is 4.68. The summed E-state index contributed by atoms with van der Waals surface area (Å²) in [5.74, 6) is 0.349. The minimum absolute atomic E-state index is 0.292. The van der Waals surface area contributed by atoms with Gasteiger partial charge in [-0.25, -0.2) is 4.79 Å². The maximum absolute atomic E-state index is 13.2. The molecule has 6 heteroatoms. The van der Waals surface area contributed by atoms with Crippen molar-refractivity contribution in [2.75, 3.05) is 7.11 Å². The van der Waals surface area contributed by atoms with Crippen molar-refractivity contribution in [3.63, 3.8) is 0 Å². The summed E-state index contributed by atoms with van der Waals surface area (Å²) in [4.78, 5) is 24.6. The first kappa shape index (κ1) is 23.4. The third-order valence-corrected chi connectivity index (χ3v) is 6.23. The second kappa shape index (κ2) is 10.00. The van der Waals surface area contributed by atoms with Gasteiger partial charge in [-0.05, 0) is 66.6 Å². The Kier molecular flexibility index (Phi) is 6.87. The molecule has 0 heterocycles. The average Bonchev–Trinajstić information content (AvgIpc) is 3.15. The molecule has 1 aliphatic carbocycles. The van der Waals surface area contributed by atoms with Crippen LogP contribution in [0.15, 0.2) is 66.7 Å². The number of amides is 1. The highest BCUT2D eigenvalue weighted by atomic mass is 16.7. The molecule has 0 unspecified atom stereocenters. The zero-order chi connectivity index (χ0) is 24.1. The number of benzene rings is 3. The van der Waals surface area contributed by atoms with Crippen molar-refractivity contribution in [3.8, 4) is 5.75 Å². The Morgan fingerprint density at radius 3 is 2.35 bits per heavy atom. The molecule has 0 aromatic heterocycles. The molecule has 4 rings (SSSR count). The summed E-state index contributed by atoms with van der Waals surface area (Å²) in [5.41, 5.74) is 4.51. The molecule has 0 spiro atoms. The molecule has 0 bridgehead atoms.